The van der Waals surface area contributed by atoms with Gasteiger partial charge in [0.1, 0.15) is 27.7 Å². The smallest absolute Gasteiger partial charge is 0.399 e. The van der Waals surface area contributed by atoms with Gasteiger partial charge in [-0.1, -0.05) is 0 Å². The summed E-state index contributed by atoms with van der Waals surface area (Å²) in [7, 11) is 0. The van der Waals surface area contributed by atoms with E-state index in [1.807, 2.05) is 0 Å². The first kappa shape index (κ1) is 20.9. The number of furan rings is 2. The summed E-state index contributed by atoms with van der Waals surface area (Å²) < 4.78 is 9.83. The van der Waals surface area contributed by atoms with Crippen LogP contribution in [0.15, 0.2) is 43.3 Å². The van der Waals surface area contributed by atoms with Gasteiger partial charge in [-0.2, -0.15) is 10.2 Å². The molecule has 0 aliphatic rings. The van der Waals surface area contributed by atoms with Crippen LogP contribution in [0.1, 0.15) is 31.8 Å². The summed E-state index contributed by atoms with van der Waals surface area (Å²) in [5.74, 6) is -2.34. The molecule has 0 radical (unpaired) electrons. The third-order valence-corrected chi connectivity index (χ3v) is 3.27. The summed E-state index contributed by atoms with van der Waals surface area (Å²) in [4.78, 5) is 43.2. The van der Waals surface area contributed by atoms with Crippen LogP contribution >= 0.6 is 0 Å². The van der Waals surface area contributed by atoms with Crippen molar-refractivity contribution in [2.75, 3.05) is 0 Å². The Morgan fingerprint density at radius 2 is 1.24 bits per heavy atom. The van der Waals surface area contributed by atoms with Gasteiger partial charge < -0.3 is 8.83 Å². The van der Waals surface area contributed by atoms with E-state index in [2.05, 4.69) is 21.1 Å². The van der Waals surface area contributed by atoms with E-state index in [0.717, 1.165) is 12.1 Å². The lowest BCUT2D eigenvalue weighted by atomic mass is 10.3. The van der Waals surface area contributed by atoms with Gasteiger partial charge in [-0.05, 0) is 26.0 Å². The van der Waals surface area contributed by atoms with Crippen molar-refractivity contribution in [3.63, 3.8) is 0 Å². The second-order valence-electron chi connectivity index (χ2n) is 5.43. The molecule has 2 aromatic heterocycles. The predicted molar refractivity (Wildman–Crippen MR) is 96.0 cm³/mol. The lowest BCUT2D eigenvalue weighted by Crippen LogP contribution is -2.28. The van der Waals surface area contributed by atoms with Crippen molar-refractivity contribution in [3.05, 3.63) is 56.0 Å². The highest BCUT2D eigenvalue weighted by molar-refractivity contribution is 6.01. The van der Waals surface area contributed by atoms with Crippen molar-refractivity contribution in [2.45, 2.75) is 20.3 Å². The minimum absolute atomic E-state index is 0.0780. The first-order valence-corrected chi connectivity index (χ1v) is 7.83. The third-order valence-electron chi connectivity index (χ3n) is 3.27. The molecular formula is C15H14N6O8. The Bertz CT molecular complexity index is 937. The lowest BCUT2D eigenvalue weighted by molar-refractivity contribution is -0.402. The molecule has 14 heteroatoms. The molecule has 0 bridgehead atoms. The van der Waals surface area contributed by atoms with Crippen molar-refractivity contribution < 1.29 is 28.3 Å². The molecule has 0 saturated carbocycles. The van der Waals surface area contributed by atoms with Crippen molar-refractivity contribution in [1.29, 1.82) is 0 Å². The standard InChI is InChI=1S/C15H14N6O8/c1-8(10-3-5-14(28-10)20(24)25)16-18-12(22)7-13(23)19-17-9(2)11-4-6-15(29-11)21(26)27/h3-6H,7H2,1-2H3,(H,18,22)(H,19,23). The monoisotopic (exact) mass is 406 g/mol. The molecule has 2 amide bonds. The van der Waals surface area contributed by atoms with Gasteiger partial charge in [0.2, 0.25) is 11.8 Å². The highest BCUT2D eigenvalue weighted by atomic mass is 16.7. The normalized spacial score (nSPS) is 11.8. The van der Waals surface area contributed by atoms with Crippen LogP contribution in [-0.4, -0.2) is 33.1 Å². The molecular weight excluding hydrogens is 392 g/mol. The lowest BCUT2D eigenvalue weighted by Gasteiger charge is -2.01. The molecule has 0 fully saturated rings. The van der Waals surface area contributed by atoms with E-state index in [1.165, 1.54) is 26.0 Å². The molecule has 14 nitrogen and oxygen atoms in total. The van der Waals surface area contributed by atoms with Crippen molar-refractivity contribution >= 4 is 35.0 Å². The van der Waals surface area contributed by atoms with Gasteiger partial charge in [0, 0.05) is 0 Å². The molecule has 152 valence electrons. The van der Waals surface area contributed by atoms with E-state index in [-0.39, 0.29) is 22.9 Å². The average molecular weight is 406 g/mol. The number of hydrazone groups is 2. The Labute approximate surface area is 161 Å². The van der Waals surface area contributed by atoms with Gasteiger partial charge in [-0.25, -0.2) is 10.9 Å². The summed E-state index contributed by atoms with van der Waals surface area (Å²) in [6.45, 7) is 2.89. The number of rotatable bonds is 8. The van der Waals surface area contributed by atoms with Crippen molar-refractivity contribution in [2.24, 2.45) is 10.2 Å². The van der Waals surface area contributed by atoms with Crippen LogP contribution in [0.2, 0.25) is 0 Å². The molecule has 2 rings (SSSR count). The molecule has 0 saturated heterocycles. The number of hydrogen-bond acceptors (Lipinski definition) is 10. The number of nitro groups is 2. The van der Waals surface area contributed by atoms with E-state index in [0.29, 0.717) is 0 Å². The zero-order valence-corrected chi connectivity index (χ0v) is 15.1. The van der Waals surface area contributed by atoms with Gasteiger partial charge in [-0.3, -0.25) is 29.8 Å². The molecule has 0 spiro atoms. The maximum atomic E-state index is 11.7. The fourth-order valence-electron chi connectivity index (χ4n) is 1.87. The number of hydrogen-bond donors (Lipinski definition) is 2. The van der Waals surface area contributed by atoms with Crippen LogP contribution in [0, 0.1) is 20.2 Å². The summed E-state index contributed by atoms with van der Waals surface area (Å²) in [6, 6.07) is 4.90. The highest BCUT2D eigenvalue weighted by Crippen LogP contribution is 2.16. The van der Waals surface area contributed by atoms with Crippen LogP contribution in [0.25, 0.3) is 0 Å². The Morgan fingerprint density at radius 1 is 0.862 bits per heavy atom. The van der Waals surface area contributed by atoms with E-state index in [4.69, 9.17) is 8.83 Å². The first-order valence-electron chi connectivity index (χ1n) is 7.83. The van der Waals surface area contributed by atoms with Crippen LogP contribution in [-0.2, 0) is 9.59 Å². The molecule has 2 heterocycles. The van der Waals surface area contributed by atoms with E-state index >= 15 is 0 Å². The maximum Gasteiger partial charge on any atom is 0.433 e. The van der Waals surface area contributed by atoms with Gasteiger partial charge in [0.25, 0.3) is 0 Å². The zero-order chi connectivity index (χ0) is 21.6. The van der Waals surface area contributed by atoms with E-state index in [9.17, 15) is 29.8 Å². The second kappa shape index (κ2) is 9.03. The Balaban J connectivity index is 1.86. The Morgan fingerprint density at radius 3 is 1.55 bits per heavy atom. The topological polar surface area (TPSA) is 195 Å². The zero-order valence-electron chi connectivity index (χ0n) is 15.1. The van der Waals surface area contributed by atoms with Crippen LogP contribution < -0.4 is 10.9 Å². The van der Waals surface area contributed by atoms with Gasteiger partial charge in [-0.15, -0.1) is 0 Å². The Hall–Kier alpha value is -4.36. The molecule has 0 aliphatic heterocycles. The minimum Gasteiger partial charge on any atom is -0.399 e. The fraction of sp³-hybridized carbons (Fsp3) is 0.200. The van der Waals surface area contributed by atoms with Crippen LogP contribution in [0.3, 0.4) is 0 Å². The van der Waals surface area contributed by atoms with Gasteiger partial charge >= 0.3 is 11.8 Å². The van der Waals surface area contributed by atoms with E-state index < -0.39 is 39.9 Å². The van der Waals surface area contributed by atoms with E-state index in [1.54, 1.807) is 0 Å². The van der Waals surface area contributed by atoms with Gasteiger partial charge in [0.05, 0.1) is 12.1 Å². The third kappa shape index (κ3) is 5.81. The number of carbonyl (C=O) groups excluding carboxylic acids is 2. The first-order chi connectivity index (χ1) is 13.7. The molecule has 2 aromatic rings. The number of nitrogens with one attached hydrogen (secondary N) is 2. The quantitative estimate of drug-likeness (QED) is 0.284. The average Bonchev–Trinajstić information content (AvgIpc) is 3.33. The summed E-state index contributed by atoms with van der Waals surface area (Å²) in [5.41, 5.74) is 4.51. The highest BCUT2D eigenvalue weighted by Gasteiger charge is 2.15. The van der Waals surface area contributed by atoms with Crippen LogP contribution in [0.4, 0.5) is 11.8 Å². The summed E-state index contributed by atoms with van der Waals surface area (Å²) in [6.07, 6.45) is -0.621. The molecule has 0 atom stereocenters. The van der Waals surface area contributed by atoms with Crippen molar-refractivity contribution in [3.8, 4) is 0 Å². The maximum absolute atomic E-state index is 11.7. The van der Waals surface area contributed by atoms with Crippen molar-refractivity contribution in [1.82, 2.24) is 10.9 Å². The SMILES string of the molecule is CC(=NNC(=O)CC(=O)NN=C(C)c1ccc([N+](=O)[O-])o1)c1ccc([N+](=O)[O-])o1. The molecule has 0 aromatic carbocycles. The second-order valence-corrected chi connectivity index (χ2v) is 5.43. The predicted octanol–water partition coefficient (Wildman–Crippen LogP) is 1.46. The van der Waals surface area contributed by atoms with Gasteiger partial charge in [0.15, 0.2) is 11.5 Å². The number of carbonyl (C=O) groups is 2. The number of nitrogens with zero attached hydrogens (tertiary/aromatic N) is 4. The number of amides is 2. The summed E-state index contributed by atoms with van der Waals surface area (Å²) in [5, 5.41) is 28.5. The molecule has 0 unspecified atom stereocenters. The molecule has 29 heavy (non-hydrogen) atoms. The largest absolute Gasteiger partial charge is 0.433 e. The Kier molecular flexibility index (Phi) is 6.52. The fourth-order valence-corrected chi connectivity index (χ4v) is 1.87. The molecule has 2 N–H and O–H groups in total. The minimum atomic E-state index is -0.774. The molecule has 0 aliphatic carbocycles. The summed E-state index contributed by atoms with van der Waals surface area (Å²) >= 11 is 0. The van der Waals surface area contributed by atoms with Crippen LogP contribution in [0.5, 0.6) is 0 Å².